The molecule has 3 aromatic rings. The fourth-order valence-corrected chi connectivity index (χ4v) is 3.44. The maximum atomic E-state index is 12.6. The number of carbonyl (C=O) groups is 2. The monoisotopic (exact) mass is 400 g/mol. The number of pyridine rings is 1. The van der Waals surface area contributed by atoms with Crippen LogP contribution in [0.15, 0.2) is 24.7 Å². The van der Waals surface area contributed by atoms with Crippen LogP contribution in [-0.4, -0.2) is 62.2 Å². The molecule has 0 saturated heterocycles. The Balaban J connectivity index is 1.95. The predicted octanol–water partition coefficient (Wildman–Crippen LogP) is 1.84. The minimum Gasteiger partial charge on any atom is -0.344 e. The summed E-state index contributed by atoms with van der Waals surface area (Å²) in [5.41, 5.74) is 1.20. The molecule has 28 heavy (non-hydrogen) atoms. The number of aromatic nitrogens is 5. The number of nitrogens with zero attached hydrogens (tertiary/aromatic N) is 6. The quantitative estimate of drug-likeness (QED) is 0.675. The van der Waals surface area contributed by atoms with Crippen molar-refractivity contribution >= 4 is 29.1 Å². The van der Waals surface area contributed by atoms with Crippen molar-refractivity contribution in [2.24, 2.45) is 7.05 Å². The Morgan fingerprint density at radius 2 is 2.04 bits per heavy atom. The van der Waals surface area contributed by atoms with Crippen LogP contribution < -0.4 is 10.6 Å². The first kappa shape index (κ1) is 19.4. The standard InChI is InChI=1S/C17H20N8O2S/c1-5-18-17(27)22-11-7-6-10(8-19-11)15-23-12(14-20-9-21-25(14)4)13(28-15)16(26)24(2)3/h6-9H,5H2,1-4H3,(H2,18,19,22,27). The number of thiazole rings is 1. The zero-order valence-electron chi connectivity index (χ0n) is 15.9. The molecule has 11 heteroatoms. The SMILES string of the molecule is CCNC(=O)Nc1ccc(-c2nc(-c3ncnn3C)c(C(=O)N(C)C)s2)cn1. The molecule has 3 rings (SSSR count). The molecule has 0 aliphatic heterocycles. The summed E-state index contributed by atoms with van der Waals surface area (Å²) in [6, 6.07) is 3.15. The van der Waals surface area contributed by atoms with Crippen LogP contribution in [0.25, 0.3) is 22.1 Å². The molecule has 0 bridgehead atoms. The van der Waals surface area contributed by atoms with Gasteiger partial charge in [0, 0.05) is 39.4 Å². The second-order valence-corrected chi connectivity index (χ2v) is 7.02. The molecule has 0 aliphatic rings. The summed E-state index contributed by atoms with van der Waals surface area (Å²) in [4.78, 5) is 39.3. The lowest BCUT2D eigenvalue weighted by molar-refractivity contribution is 0.0832. The lowest BCUT2D eigenvalue weighted by Gasteiger charge is -2.09. The summed E-state index contributed by atoms with van der Waals surface area (Å²) in [6.07, 6.45) is 3.02. The van der Waals surface area contributed by atoms with Gasteiger partial charge in [-0.1, -0.05) is 0 Å². The number of amides is 3. The van der Waals surface area contributed by atoms with E-state index in [0.29, 0.717) is 33.8 Å². The highest BCUT2D eigenvalue weighted by molar-refractivity contribution is 7.17. The van der Waals surface area contributed by atoms with Crippen LogP contribution >= 0.6 is 11.3 Å². The second kappa shape index (κ2) is 8.13. The van der Waals surface area contributed by atoms with Crippen molar-refractivity contribution in [1.29, 1.82) is 0 Å². The van der Waals surface area contributed by atoms with E-state index in [1.54, 1.807) is 44.2 Å². The predicted molar refractivity (Wildman–Crippen MR) is 106 cm³/mol. The molecular formula is C17H20N8O2S. The normalized spacial score (nSPS) is 10.6. The van der Waals surface area contributed by atoms with Crippen molar-refractivity contribution in [1.82, 2.24) is 34.9 Å². The molecule has 3 amide bonds. The average Bonchev–Trinajstić information content (AvgIpc) is 3.27. The Hall–Kier alpha value is -3.34. The van der Waals surface area contributed by atoms with E-state index in [1.165, 1.54) is 22.6 Å². The molecule has 0 saturated carbocycles. The van der Waals surface area contributed by atoms with E-state index in [1.807, 2.05) is 6.92 Å². The van der Waals surface area contributed by atoms with Crippen LogP contribution in [-0.2, 0) is 7.05 Å². The molecule has 0 atom stereocenters. The number of aryl methyl sites for hydroxylation is 1. The molecule has 0 aromatic carbocycles. The first-order chi connectivity index (χ1) is 13.4. The van der Waals surface area contributed by atoms with Gasteiger partial charge < -0.3 is 10.2 Å². The van der Waals surface area contributed by atoms with Gasteiger partial charge in [0.05, 0.1) is 0 Å². The Morgan fingerprint density at radius 3 is 2.61 bits per heavy atom. The van der Waals surface area contributed by atoms with Gasteiger partial charge in [0.2, 0.25) is 0 Å². The summed E-state index contributed by atoms with van der Waals surface area (Å²) in [6.45, 7) is 2.36. The number of anilines is 1. The Labute approximate surface area is 165 Å². The average molecular weight is 400 g/mol. The highest BCUT2D eigenvalue weighted by atomic mass is 32.1. The minimum atomic E-state index is -0.319. The highest BCUT2D eigenvalue weighted by Gasteiger charge is 2.24. The number of urea groups is 1. The second-order valence-electron chi connectivity index (χ2n) is 6.02. The van der Waals surface area contributed by atoms with E-state index >= 15 is 0 Å². The van der Waals surface area contributed by atoms with Gasteiger partial charge in [-0.15, -0.1) is 11.3 Å². The van der Waals surface area contributed by atoms with E-state index in [-0.39, 0.29) is 11.9 Å². The highest BCUT2D eigenvalue weighted by Crippen LogP contribution is 2.33. The smallest absolute Gasteiger partial charge is 0.320 e. The van der Waals surface area contributed by atoms with Crippen LogP contribution in [0, 0.1) is 0 Å². The molecule has 0 unspecified atom stereocenters. The Morgan fingerprint density at radius 1 is 1.25 bits per heavy atom. The van der Waals surface area contributed by atoms with Crippen molar-refractivity contribution in [3.63, 3.8) is 0 Å². The van der Waals surface area contributed by atoms with Crippen LogP contribution in [0.4, 0.5) is 10.6 Å². The summed E-state index contributed by atoms with van der Waals surface area (Å²) in [5, 5.41) is 9.96. The lowest BCUT2D eigenvalue weighted by Crippen LogP contribution is -2.28. The fourth-order valence-electron chi connectivity index (χ4n) is 2.37. The number of hydrogen-bond acceptors (Lipinski definition) is 7. The summed E-state index contributed by atoms with van der Waals surface area (Å²) in [7, 11) is 5.12. The molecule has 0 radical (unpaired) electrons. The van der Waals surface area contributed by atoms with Crippen LogP contribution in [0.5, 0.6) is 0 Å². The van der Waals surface area contributed by atoms with Gasteiger partial charge in [-0.3, -0.25) is 10.1 Å². The van der Waals surface area contributed by atoms with Crippen LogP contribution in [0.1, 0.15) is 16.6 Å². The first-order valence-corrected chi connectivity index (χ1v) is 9.30. The lowest BCUT2D eigenvalue weighted by atomic mass is 10.3. The van der Waals surface area contributed by atoms with Gasteiger partial charge in [-0.2, -0.15) is 5.10 Å². The number of hydrogen-bond donors (Lipinski definition) is 2. The van der Waals surface area contributed by atoms with Gasteiger partial charge in [0.1, 0.15) is 27.7 Å². The van der Waals surface area contributed by atoms with E-state index in [0.717, 1.165) is 5.56 Å². The molecule has 146 valence electrons. The van der Waals surface area contributed by atoms with Gasteiger partial charge in [0.15, 0.2) is 5.82 Å². The maximum absolute atomic E-state index is 12.6. The number of rotatable bonds is 5. The molecule has 10 nitrogen and oxygen atoms in total. The molecule has 0 aliphatic carbocycles. The van der Waals surface area contributed by atoms with Crippen molar-refractivity contribution in [2.75, 3.05) is 26.0 Å². The van der Waals surface area contributed by atoms with Crippen LogP contribution in [0.3, 0.4) is 0 Å². The van der Waals surface area contributed by atoms with Gasteiger partial charge in [-0.25, -0.2) is 24.4 Å². The molecule has 3 aromatic heterocycles. The molecule has 0 fully saturated rings. The van der Waals surface area contributed by atoms with E-state index in [4.69, 9.17) is 0 Å². The zero-order chi connectivity index (χ0) is 20.3. The maximum Gasteiger partial charge on any atom is 0.320 e. The molecule has 3 heterocycles. The molecular weight excluding hydrogens is 380 g/mol. The summed E-state index contributed by atoms with van der Waals surface area (Å²) in [5.74, 6) is 0.767. The third kappa shape index (κ3) is 3.98. The Kier molecular flexibility index (Phi) is 5.64. The van der Waals surface area contributed by atoms with Gasteiger partial charge in [-0.05, 0) is 19.1 Å². The molecule has 2 N–H and O–H groups in total. The topological polar surface area (TPSA) is 118 Å². The van der Waals surface area contributed by atoms with E-state index in [2.05, 4.69) is 30.7 Å². The first-order valence-electron chi connectivity index (χ1n) is 8.48. The zero-order valence-corrected chi connectivity index (χ0v) is 16.7. The largest absolute Gasteiger partial charge is 0.344 e. The number of nitrogens with one attached hydrogen (secondary N) is 2. The third-order valence-corrected chi connectivity index (χ3v) is 4.83. The van der Waals surface area contributed by atoms with Crippen molar-refractivity contribution in [3.05, 3.63) is 29.5 Å². The Bertz CT molecular complexity index is 993. The van der Waals surface area contributed by atoms with Crippen molar-refractivity contribution in [3.8, 4) is 22.1 Å². The van der Waals surface area contributed by atoms with Crippen molar-refractivity contribution < 1.29 is 9.59 Å². The summed E-state index contributed by atoms with van der Waals surface area (Å²) >= 11 is 1.26. The van der Waals surface area contributed by atoms with Crippen molar-refractivity contribution in [2.45, 2.75) is 6.92 Å². The summed E-state index contributed by atoms with van der Waals surface area (Å²) < 4.78 is 1.57. The minimum absolute atomic E-state index is 0.163. The molecule has 0 spiro atoms. The van der Waals surface area contributed by atoms with Crippen LogP contribution in [0.2, 0.25) is 0 Å². The van der Waals surface area contributed by atoms with E-state index in [9.17, 15) is 9.59 Å². The fraction of sp³-hybridized carbons (Fsp3) is 0.294. The third-order valence-electron chi connectivity index (χ3n) is 3.74. The van der Waals surface area contributed by atoms with Gasteiger partial charge >= 0.3 is 6.03 Å². The van der Waals surface area contributed by atoms with E-state index < -0.39 is 0 Å². The van der Waals surface area contributed by atoms with Gasteiger partial charge in [0.25, 0.3) is 5.91 Å². The number of carbonyl (C=O) groups excluding carboxylic acids is 2.